The Hall–Kier alpha value is -1.38. The molecule has 0 bridgehead atoms. The lowest BCUT2D eigenvalue weighted by atomic mass is 10.1. The molecule has 1 heterocycles. The molecule has 0 amide bonds. The number of nitriles is 1. The van der Waals surface area contributed by atoms with Crippen LogP contribution in [0.3, 0.4) is 0 Å². The summed E-state index contributed by atoms with van der Waals surface area (Å²) in [4.78, 5) is 4.32. The van der Waals surface area contributed by atoms with Crippen molar-refractivity contribution < 1.29 is 0 Å². The van der Waals surface area contributed by atoms with Crippen LogP contribution in [0.5, 0.6) is 0 Å². The van der Waals surface area contributed by atoms with Crippen molar-refractivity contribution in [1.82, 2.24) is 4.98 Å². The maximum absolute atomic E-state index is 9.18. The molecule has 5 heteroatoms. The van der Waals surface area contributed by atoms with Crippen molar-refractivity contribution >= 4 is 33.0 Å². The molecule has 1 N–H and O–H groups in total. The minimum atomic E-state index is 0.145. The summed E-state index contributed by atoms with van der Waals surface area (Å²) in [6, 6.07) is 8.06. The van der Waals surface area contributed by atoms with Crippen molar-refractivity contribution in [1.29, 1.82) is 5.26 Å². The van der Waals surface area contributed by atoms with Gasteiger partial charge in [-0.2, -0.15) is 5.26 Å². The molecule has 0 aliphatic rings. The molecule has 1 aromatic heterocycles. The first-order valence-electron chi connectivity index (χ1n) is 5.60. The van der Waals surface area contributed by atoms with Gasteiger partial charge in [0.05, 0.1) is 17.3 Å². The second-order valence-electron chi connectivity index (χ2n) is 3.75. The standard InChI is InChI=1S/C13H12BrN3S/c1-2-11(13-16-6-7-18-13)17-12-5-3-4-10(14)9(12)8-15/h3-7,11,17H,2H2,1H3. The summed E-state index contributed by atoms with van der Waals surface area (Å²) in [5, 5.41) is 15.6. The number of aromatic nitrogens is 1. The number of benzene rings is 1. The molecule has 0 radical (unpaired) electrons. The lowest BCUT2D eigenvalue weighted by Gasteiger charge is -2.17. The highest BCUT2D eigenvalue weighted by molar-refractivity contribution is 9.10. The second-order valence-corrected chi connectivity index (χ2v) is 5.53. The zero-order valence-electron chi connectivity index (χ0n) is 9.85. The van der Waals surface area contributed by atoms with Crippen LogP contribution in [-0.2, 0) is 0 Å². The Morgan fingerprint density at radius 2 is 2.39 bits per heavy atom. The Bertz CT molecular complexity index is 560. The van der Waals surface area contributed by atoms with Crippen LogP contribution in [0, 0.1) is 11.3 Å². The van der Waals surface area contributed by atoms with E-state index >= 15 is 0 Å². The van der Waals surface area contributed by atoms with Crippen LogP contribution in [0.25, 0.3) is 0 Å². The van der Waals surface area contributed by atoms with Gasteiger partial charge in [0.2, 0.25) is 0 Å². The fraction of sp³-hybridized carbons (Fsp3) is 0.231. The van der Waals surface area contributed by atoms with Gasteiger partial charge < -0.3 is 5.32 Å². The number of thiazole rings is 1. The quantitative estimate of drug-likeness (QED) is 0.911. The van der Waals surface area contributed by atoms with Crippen LogP contribution in [0.4, 0.5) is 5.69 Å². The highest BCUT2D eigenvalue weighted by Crippen LogP contribution is 2.29. The predicted octanol–water partition coefficient (Wildman–Crippen LogP) is 4.34. The van der Waals surface area contributed by atoms with Gasteiger partial charge in [-0.05, 0) is 34.5 Å². The third-order valence-electron chi connectivity index (χ3n) is 2.61. The van der Waals surface area contributed by atoms with E-state index in [0.717, 1.165) is 21.6 Å². The summed E-state index contributed by atoms with van der Waals surface area (Å²) in [5.41, 5.74) is 1.47. The number of halogens is 1. The Labute approximate surface area is 119 Å². The summed E-state index contributed by atoms with van der Waals surface area (Å²) in [6.45, 7) is 2.10. The largest absolute Gasteiger partial charge is 0.375 e. The number of nitrogens with one attached hydrogen (secondary N) is 1. The smallest absolute Gasteiger partial charge is 0.115 e. The van der Waals surface area contributed by atoms with Gasteiger partial charge in [-0.3, -0.25) is 0 Å². The third-order valence-corrected chi connectivity index (χ3v) is 4.16. The number of hydrogen-bond acceptors (Lipinski definition) is 4. The van der Waals surface area contributed by atoms with Gasteiger partial charge in [-0.1, -0.05) is 13.0 Å². The van der Waals surface area contributed by atoms with Crippen LogP contribution < -0.4 is 5.32 Å². The van der Waals surface area contributed by atoms with E-state index < -0.39 is 0 Å². The second kappa shape index (κ2) is 5.98. The number of nitrogens with zero attached hydrogens (tertiary/aromatic N) is 2. The van der Waals surface area contributed by atoms with Crippen molar-refractivity contribution in [2.75, 3.05) is 5.32 Å². The number of rotatable bonds is 4. The monoisotopic (exact) mass is 321 g/mol. The first kappa shape index (κ1) is 13.1. The summed E-state index contributed by atoms with van der Waals surface area (Å²) in [6.07, 6.45) is 2.72. The van der Waals surface area contributed by atoms with E-state index in [9.17, 15) is 5.26 Å². The molecule has 1 atom stereocenters. The molecular weight excluding hydrogens is 310 g/mol. The van der Waals surface area contributed by atoms with Gasteiger partial charge in [-0.15, -0.1) is 11.3 Å². The average Bonchev–Trinajstić information content (AvgIpc) is 2.89. The Balaban J connectivity index is 2.29. The maximum atomic E-state index is 9.18. The highest BCUT2D eigenvalue weighted by Gasteiger charge is 2.14. The molecule has 0 saturated heterocycles. The van der Waals surface area contributed by atoms with E-state index in [1.165, 1.54) is 0 Å². The highest BCUT2D eigenvalue weighted by atomic mass is 79.9. The molecule has 1 aromatic carbocycles. The van der Waals surface area contributed by atoms with E-state index in [4.69, 9.17) is 0 Å². The molecule has 92 valence electrons. The average molecular weight is 322 g/mol. The molecule has 0 saturated carbocycles. The van der Waals surface area contributed by atoms with Crippen LogP contribution in [0.15, 0.2) is 34.2 Å². The molecule has 0 aliphatic heterocycles. The number of anilines is 1. The van der Waals surface area contributed by atoms with Gasteiger partial charge in [0, 0.05) is 16.0 Å². The SMILES string of the molecule is CCC(Nc1cccc(Br)c1C#N)c1nccs1. The molecular formula is C13H12BrN3S. The van der Waals surface area contributed by atoms with Crippen molar-refractivity contribution in [2.45, 2.75) is 19.4 Å². The Morgan fingerprint density at radius 1 is 1.56 bits per heavy atom. The molecule has 0 aliphatic carbocycles. The normalized spacial score (nSPS) is 11.8. The fourth-order valence-electron chi connectivity index (χ4n) is 1.69. The third kappa shape index (κ3) is 2.71. The van der Waals surface area contributed by atoms with Crippen LogP contribution in [0.1, 0.15) is 30.0 Å². The van der Waals surface area contributed by atoms with E-state index in [1.54, 1.807) is 17.5 Å². The summed E-state index contributed by atoms with van der Waals surface area (Å²) in [7, 11) is 0. The molecule has 0 spiro atoms. The Morgan fingerprint density at radius 3 is 3.00 bits per heavy atom. The van der Waals surface area contributed by atoms with Crippen molar-refractivity contribution in [3.63, 3.8) is 0 Å². The molecule has 2 rings (SSSR count). The van der Waals surface area contributed by atoms with Gasteiger partial charge in [0.1, 0.15) is 11.1 Å². The summed E-state index contributed by atoms with van der Waals surface area (Å²) in [5.74, 6) is 0. The van der Waals surface area contributed by atoms with Crippen LogP contribution in [-0.4, -0.2) is 4.98 Å². The zero-order chi connectivity index (χ0) is 13.0. The number of hydrogen-bond donors (Lipinski definition) is 1. The molecule has 0 fully saturated rings. The van der Waals surface area contributed by atoms with Gasteiger partial charge in [0.15, 0.2) is 0 Å². The first-order valence-corrected chi connectivity index (χ1v) is 7.28. The van der Waals surface area contributed by atoms with E-state index in [2.05, 4.69) is 39.2 Å². The van der Waals surface area contributed by atoms with Crippen molar-refractivity contribution in [3.8, 4) is 6.07 Å². The molecule has 1 unspecified atom stereocenters. The molecule has 3 nitrogen and oxygen atoms in total. The van der Waals surface area contributed by atoms with E-state index in [-0.39, 0.29) is 6.04 Å². The van der Waals surface area contributed by atoms with E-state index in [0.29, 0.717) is 5.56 Å². The van der Waals surface area contributed by atoms with Gasteiger partial charge in [0.25, 0.3) is 0 Å². The Kier molecular flexibility index (Phi) is 4.34. The van der Waals surface area contributed by atoms with Gasteiger partial charge >= 0.3 is 0 Å². The lowest BCUT2D eigenvalue weighted by molar-refractivity contribution is 0.742. The summed E-state index contributed by atoms with van der Waals surface area (Å²) >= 11 is 5.02. The van der Waals surface area contributed by atoms with Crippen LogP contribution >= 0.6 is 27.3 Å². The minimum Gasteiger partial charge on any atom is -0.375 e. The predicted molar refractivity (Wildman–Crippen MR) is 77.6 cm³/mol. The van der Waals surface area contributed by atoms with Crippen LogP contribution in [0.2, 0.25) is 0 Å². The first-order chi connectivity index (χ1) is 8.76. The topological polar surface area (TPSA) is 48.7 Å². The fourth-order valence-corrected chi connectivity index (χ4v) is 2.92. The van der Waals surface area contributed by atoms with Crippen molar-refractivity contribution in [3.05, 3.63) is 44.8 Å². The molecule has 2 aromatic rings. The van der Waals surface area contributed by atoms with E-state index in [1.807, 2.05) is 23.6 Å². The lowest BCUT2D eigenvalue weighted by Crippen LogP contribution is -2.10. The summed E-state index contributed by atoms with van der Waals surface area (Å²) < 4.78 is 0.809. The zero-order valence-corrected chi connectivity index (χ0v) is 12.3. The minimum absolute atomic E-state index is 0.145. The maximum Gasteiger partial charge on any atom is 0.115 e. The molecule has 18 heavy (non-hydrogen) atoms. The van der Waals surface area contributed by atoms with Gasteiger partial charge in [-0.25, -0.2) is 4.98 Å². The van der Waals surface area contributed by atoms with Crippen molar-refractivity contribution in [2.24, 2.45) is 0 Å².